The molecule has 0 saturated carbocycles. The van der Waals surface area contributed by atoms with Crippen molar-refractivity contribution in [2.45, 2.75) is 25.7 Å². The number of unbranched alkanes of at least 4 members (excludes halogenated alkanes) is 3. The van der Waals surface area contributed by atoms with E-state index in [4.69, 9.17) is 5.73 Å². The average Bonchev–Trinajstić information content (AvgIpc) is 2.46. The lowest BCUT2D eigenvalue weighted by Crippen LogP contribution is -2.25. The zero-order valence-electron chi connectivity index (χ0n) is 12.0. The van der Waals surface area contributed by atoms with Crippen molar-refractivity contribution in [3.63, 3.8) is 0 Å². The predicted molar refractivity (Wildman–Crippen MR) is 84.5 cm³/mol. The zero-order chi connectivity index (χ0) is 15.7. The van der Waals surface area contributed by atoms with Crippen molar-refractivity contribution in [1.29, 1.82) is 0 Å². The number of nitrogens with one attached hydrogen (secondary N) is 1. The first-order valence-corrected chi connectivity index (χ1v) is 8.12. The summed E-state index contributed by atoms with van der Waals surface area (Å²) in [7, 11) is 0. The average molecular weight is 312 g/mol. The number of hydrogen-bond donors (Lipinski definition) is 2. The van der Waals surface area contributed by atoms with E-state index < -0.39 is 10.8 Å². The number of hydrogen-bond acceptors (Lipinski definition) is 6. The fourth-order valence-electron chi connectivity index (χ4n) is 1.77. The van der Waals surface area contributed by atoms with Crippen molar-refractivity contribution < 1.29 is 9.72 Å². The standard InChI is InChI=1S/C13H20N4O3S/c1-21-7-5-3-2-4-6-15-13(18)11-8-10(17(19)20)9-16-12(11)14/h8-9H,2-7H2,1H3,(H2,14,16)(H,15,18). The van der Waals surface area contributed by atoms with Gasteiger partial charge in [0, 0.05) is 12.6 Å². The number of anilines is 1. The zero-order valence-corrected chi connectivity index (χ0v) is 12.8. The molecule has 1 heterocycles. The lowest BCUT2D eigenvalue weighted by atomic mass is 10.2. The Bertz CT molecular complexity index is 496. The summed E-state index contributed by atoms with van der Waals surface area (Å²) >= 11 is 1.83. The maximum atomic E-state index is 11.9. The fourth-order valence-corrected chi connectivity index (χ4v) is 2.26. The Morgan fingerprint density at radius 3 is 2.81 bits per heavy atom. The molecule has 0 aliphatic rings. The van der Waals surface area contributed by atoms with Crippen molar-refractivity contribution in [2.24, 2.45) is 0 Å². The molecule has 0 bridgehead atoms. The van der Waals surface area contributed by atoms with E-state index in [-0.39, 0.29) is 17.1 Å². The number of rotatable bonds is 9. The molecule has 0 unspecified atom stereocenters. The molecule has 0 aromatic carbocycles. The number of aromatic nitrogens is 1. The third-order valence-electron chi connectivity index (χ3n) is 2.92. The van der Waals surface area contributed by atoms with Gasteiger partial charge in [0.2, 0.25) is 0 Å². The summed E-state index contributed by atoms with van der Waals surface area (Å²) in [5.41, 5.74) is 5.38. The molecule has 0 radical (unpaired) electrons. The molecule has 21 heavy (non-hydrogen) atoms. The van der Waals surface area contributed by atoms with Crippen LogP contribution in [0.1, 0.15) is 36.0 Å². The molecule has 0 atom stereocenters. The molecule has 1 amide bonds. The topological polar surface area (TPSA) is 111 Å². The molecule has 1 rings (SSSR count). The number of carbonyl (C=O) groups is 1. The van der Waals surface area contributed by atoms with Crippen LogP contribution in [0.4, 0.5) is 11.5 Å². The largest absolute Gasteiger partial charge is 0.383 e. The molecule has 0 saturated heterocycles. The summed E-state index contributed by atoms with van der Waals surface area (Å²) in [5.74, 6) is 0.730. The number of nitro groups is 1. The van der Waals surface area contributed by atoms with Gasteiger partial charge in [-0.2, -0.15) is 11.8 Å². The van der Waals surface area contributed by atoms with Crippen LogP contribution < -0.4 is 11.1 Å². The minimum Gasteiger partial charge on any atom is -0.383 e. The summed E-state index contributed by atoms with van der Waals surface area (Å²) in [6.45, 7) is 0.528. The Morgan fingerprint density at radius 1 is 1.43 bits per heavy atom. The highest BCUT2D eigenvalue weighted by Crippen LogP contribution is 2.16. The summed E-state index contributed by atoms with van der Waals surface area (Å²) in [6, 6.07) is 1.15. The van der Waals surface area contributed by atoms with Gasteiger partial charge in [0.15, 0.2) is 0 Å². The Labute approximate surface area is 127 Å². The number of nitrogens with zero attached hydrogens (tertiary/aromatic N) is 2. The van der Waals surface area contributed by atoms with Crippen LogP contribution in [0.15, 0.2) is 12.3 Å². The van der Waals surface area contributed by atoms with Gasteiger partial charge in [0.05, 0.1) is 10.5 Å². The molecule has 8 heteroatoms. The van der Waals surface area contributed by atoms with Crippen LogP contribution in [0.2, 0.25) is 0 Å². The highest BCUT2D eigenvalue weighted by atomic mass is 32.2. The van der Waals surface area contributed by atoms with Crippen molar-refractivity contribution in [2.75, 3.05) is 24.3 Å². The van der Waals surface area contributed by atoms with Crippen molar-refractivity contribution in [1.82, 2.24) is 10.3 Å². The maximum absolute atomic E-state index is 11.9. The van der Waals surface area contributed by atoms with Crippen LogP contribution in [-0.4, -0.2) is 34.4 Å². The summed E-state index contributed by atoms with van der Waals surface area (Å²) in [5, 5.41) is 13.4. The second-order valence-electron chi connectivity index (χ2n) is 4.55. The summed E-state index contributed by atoms with van der Waals surface area (Å²) in [4.78, 5) is 25.7. The van der Waals surface area contributed by atoms with E-state index in [2.05, 4.69) is 16.6 Å². The van der Waals surface area contributed by atoms with Crippen LogP contribution in [0.3, 0.4) is 0 Å². The molecule has 1 aromatic rings. The van der Waals surface area contributed by atoms with E-state index in [9.17, 15) is 14.9 Å². The number of carbonyl (C=O) groups excluding carboxylic acids is 1. The normalized spacial score (nSPS) is 10.3. The first-order chi connectivity index (χ1) is 10.1. The molecule has 3 N–H and O–H groups in total. The Balaban J connectivity index is 2.41. The van der Waals surface area contributed by atoms with Gasteiger partial charge in [0.25, 0.3) is 11.6 Å². The van der Waals surface area contributed by atoms with Crippen LogP contribution in [-0.2, 0) is 0 Å². The quantitative estimate of drug-likeness (QED) is 0.411. The highest BCUT2D eigenvalue weighted by molar-refractivity contribution is 7.98. The van der Waals surface area contributed by atoms with Gasteiger partial charge in [-0.1, -0.05) is 12.8 Å². The number of amides is 1. The van der Waals surface area contributed by atoms with Gasteiger partial charge in [-0.05, 0) is 24.9 Å². The monoisotopic (exact) mass is 312 g/mol. The molecule has 0 aliphatic carbocycles. The number of nitrogen functional groups attached to an aromatic ring is 1. The number of pyridine rings is 1. The van der Waals surface area contributed by atoms with E-state index in [0.717, 1.165) is 37.3 Å². The van der Waals surface area contributed by atoms with Gasteiger partial charge in [0.1, 0.15) is 12.0 Å². The summed E-state index contributed by atoms with van der Waals surface area (Å²) < 4.78 is 0. The Kier molecular flexibility index (Phi) is 7.52. The van der Waals surface area contributed by atoms with E-state index in [1.807, 2.05) is 11.8 Å². The maximum Gasteiger partial charge on any atom is 0.288 e. The van der Waals surface area contributed by atoms with Crippen molar-refractivity contribution in [3.8, 4) is 0 Å². The molecule has 0 aliphatic heterocycles. The first kappa shape index (κ1) is 17.2. The van der Waals surface area contributed by atoms with Gasteiger partial charge >= 0.3 is 0 Å². The van der Waals surface area contributed by atoms with Gasteiger partial charge < -0.3 is 11.1 Å². The minimum atomic E-state index is -0.602. The van der Waals surface area contributed by atoms with E-state index in [0.29, 0.717) is 6.54 Å². The molecular formula is C13H20N4O3S. The van der Waals surface area contributed by atoms with Crippen LogP contribution in [0.5, 0.6) is 0 Å². The minimum absolute atomic E-state index is 0.00179. The Hall–Kier alpha value is -1.83. The Morgan fingerprint density at radius 2 is 2.14 bits per heavy atom. The van der Waals surface area contributed by atoms with E-state index >= 15 is 0 Å². The van der Waals surface area contributed by atoms with Crippen LogP contribution in [0.25, 0.3) is 0 Å². The molecular weight excluding hydrogens is 292 g/mol. The van der Waals surface area contributed by atoms with Crippen molar-refractivity contribution in [3.05, 3.63) is 27.9 Å². The van der Waals surface area contributed by atoms with Crippen LogP contribution >= 0.6 is 11.8 Å². The molecule has 7 nitrogen and oxygen atoms in total. The lowest BCUT2D eigenvalue weighted by Gasteiger charge is -2.06. The lowest BCUT2D eigenvalue weighted by molar-refractivity contribution is -0.385. The van der Waals surface area contributed by atoms with Crippen molar-refractivity contribution >= 4 is 29.2 Å². The second-order valence-corrected chi connectivity index (χ2v) is 5.53. The number of nitrogens with two attached hydrogens (primary N) is 1. The molecule has 0 spiro atoms. The fraction of sp³-hybridized carbons (Fsp3) is 0.538. The molecule has 1 aromatic heterocycles. The van der Waals surface area contributed by atoms with E-state index in [1.165, 1.54) is 6.42 Å². The highest BCUT2D eigenvalue weighted by Gasteiger charge is 2.16. The third-order valence-corrected chi connectivity index (χ3v) is 3.62. The third kappa shape index (κ3) is 5.99. The van der Waals surface area contributed by atoms with Gasteiger partial charge in [-0.25, -0.2) is 4.98 Å². The van der Waals surface area contributed by atoms with E-state index in [1.54, 1.807) is 0 Å². The first-order valence-electron chi connectivity index (χ1n) is 6.73. The molecule has 0 fully saturated rings. The summed E-state index contributed by atoms with van der Waals surface area (Å²) in [6.07, 6.45) is 7.36. The molecule has 116 valence electrons. The van der Waals surface area contributed by atoms with Gasteiger partial charge in [-0.15, -0.1) is 0 Å². The predicted octanol–water partition coefficient (Wildman–Crippen LogP) is 2.23. The van der Waals surface area contributed by atoms with Crippen LogP contribution in [0, 0.1) is 10.1 Å². The van der Waals surface area contributed by atoms with Gasteiger partial charge in [-0.3, -0.25) is 14.9 Å². The number of thioether (sulfide) groups is 1. The second kappa shape index (κ2) is 9.17. The smallest absolute Gasteiger partial charge is 0.288 e. The SMILES string of the molecule is CSCCCCCCNC(=O)c1cc([N+](=O)[O-])cnc1N.